The summed E-state index contributed by atoms with van der Waals surface area (Å²) in [5.41, 5.74) is 8.08. The van der Waals surface area contributed by atoms with Gasteiger partial charge in [0.25, 0.3) is 0 Å². The van der Waals surface area contributed by atoms with Gasteiger partial charge in [-0.15, -0.1) is 11.3 Å². The van der Waals surface area contributed by atoms with E-state index in [1.807, 2.05) is 24.4 Å². The van der Waals surface area contributed by atoms with E-state index >= 15 is 0 Å². The van der Waals surface area contributed by atoms with Crippen LogP contribution in [0.4, 0.5) is 0 Å². The maximum atomic E-state index is 5.78. The predicted octanol–water partition coefficient (Wildman–Crippen LogP) is 3.21. The lowest BCUT2D eigenvalue weighted by Crippen LogP contribution is -2.30. The fraction of sp³-hybridized carbons (Fsp3) is 0.263. The minimum absolute atomic E-state index is 0.667. The Bertz CT molecular complexity index is 727. The van der Waals surface area contributed by atoms with Crippen molar-refractivity contribution < 1.29 is 0 Å². The molecule has 0 radical (unpaired) electrons. The van der Waals surface area contributed by atoms with Crippen LogP contribution in [0, 0.1) is 0 Å². The Kier molecular flexibility index (Phi) is 6.07. The van der Waals surface area contributed by atoms with Crippen molar-refractivity contribution in [1.82, 2.24) is 14.9 Å². The Labute approximate surface area is 147 Å². The molecule has 4 nitrogen and oxygen atoms in total. The van der Waals surface area contributed by atoms with Crippen LogP contribution in [0.5, 0.6) is 0 Å². The molecule has 0 unspecified atom stereocenters. The molecule has 2 N–H and O–H groups in total. The molecule has 0 bridgehead atoms. The standard InChI is InChI=1S/C19H22N4S/c20-10-13-23(12-9-16-6-2-1-3-7-16)15-17-14-22-19(24-17)18-8-4-5-11-21-18/h1-8,11,14H,9-10,12-13,15,20H2. The van der Waals surface area contributed by atoms with Crippen molar-refractivity contribution in [3.63, 3.8) is 0 Å². The number of aromatic nitrogens is 2. The van der Waals surface area contributed by atoms with Gasteiger partial charge in [-0.3, -0.25) is 9.88 Å². The van der Waals surface area contributed by atoms with E-state index in [-0.39, 0.29) is 0 Å². The summed E-state index contributed by atoms with van der Waals surface area (Å²) in [7, 11) is 0. The number of thiazole rings is 1. The second-order valence-corrected chi connectivity index (χ2v) is 6.76. The predicted molar refractivity (Wildman–Crippen MR) is 99.8 cm³/mol. The van der Waals surface area contributed by atoms with Crippen LogP contribution in [-0.2, 0) is 13.0 Å². The third kappa shape index (κ3) is 4.71. The lowest BCUT2D eigenvalue weighted by Gasteiger charge is -2.20. The molecule has 2 heterocycles. The summed E-state index contributed by atoms with van der Waals surface area (Å²) in [6.07, 6.45) is 4.80. The lowest BCUT2D eigenvalue weighted by atomic mass is 10.1. The van der Waals surface area contributed by atoms with E-state index in [2.05, 4.69) is 45.2 Å². The smallest absolute Gasteiger partial charge is 0.142 e. The third-order valence-electron chi connectivity index (χ3n) is 3.82. The summed E-state index contributed by atoms with van der Waals surface area (Å²) in [5.74, 6) is 0. The fourth-order valence-corrected chi connectivity index (χ4v) is 3.52. The Morgan fingerprint density at radius 2 is 1.79 bits per heavy atom. The molecule has 0 aliphatic carbocycles. The van der Waals surface area contributed by atoms with Crippen molar-refractivity contribution >= 4 is 11.3 Å². The molecule has 0 fully saturated rings. The number of rotatable bonds is 8. The van der Waals surface area contributed by atoms with E-state index in [0.717, 1.165) is 36.8 Å². The average molecular weight is 338 g/mol. The summed E-state index contributed by atoms with van der Waals surface area (Å²) < 4.78 is 0. The van der Waals surface area contributed by atoms with E-state index in [1.165, 1.54) is 10.4 Å². The first kappa shape index (κ1) is 16.8. The van der Waals surface area contributed by atoms with Crippen LogP contribution in [-0.4, -0.2) is 34.5 Å². The second-order valence-electron chi connectivity index (χ2n) is 5.65. The SMILES string of the molecule is NCCN(CCc1ccccc1)Cc1cnc(-c2ccccn2)s1. The van der Waals surface area contributed by atoms with Crippen molar-refractivity contribution in [2.45, 2.75) is 13.0 Å². The van der Waals surface area contributed by atoms with Gasteiger partial charge in [-0.1, -0.05) is 36.4 Å². The van der Waals surface area contributed by atoms with Gasteiger partial charge >= 0.3 is 0 Å². The summed E-state index contributed by atoms with van der Waals surface area (Å²) in [4.78, 5) is 12.5. The van der Waals surface area contributed by atoms with Gasteiger partial charge in [-0.2, -0.15) is 0 Å². The monoisotopic (exact) mass is 338 g/mol. The molecule has 0 amide bonds. The molecule has 124 valence electrons. The second kappa shape index (κ2) is 8.68. The minimum Gasteiger partial charge on any atom is -0.329 e. The molecule has 0 saturated heterocycles. The highest BCUT2D eigenvalue weighted by Crippen LogP contribution is 2.24. The van der Waals surface area contributed by atoms with Crippen LogP contribution in [0.15, 0.2) is 60.9 Å². The van der Waals surface area contributed by atoms with Gasteiger partial charge in [-0.05, 0) is 24.1 Å². The quantitative estimate of drug-likeness (QED) is 0.685. The van der Waals surface area contributed by atoms with E-state index < -0.39 is 0 Å². The van der Waals surface area contributed by atoms with E-state index in [0.29, 0.717) is 6.54 Å². The summed E-state index contributed by atoms with van der Waals surface area (Å²) in [5, 5.41) is 0.973. The first-order valence-electron chi connectivity index (χ1n) is 8.17. The highest BCUT2D eigenvalue weighted by Gasteiger charge is 2.10. The number of nitrogens with zero attached hydrogens (tertiary/aromatic N) is 3. The zero-order chi connectivity index (χ0) is 16.6. The maximum Gasteiger partial charge on any atom is 0.142 e. The molecular weight excluding hydrogens is 316 g/mol. The molecule has 0 spiro atoms. The van der Waals surface area contributed by atoms with Gasteiger partial charge in [0, 0.05) is 43.4 Å². The average Bonchev–Trinajstić information content (AvgIpc) is 3.10. The minimum atomic E-state index is 0.667. The van der Waals surface area contributed by atoms with E-state index in [1.54, 1.807) is 17.5 Å². The van der Waals surface area contributed by atoms with Crippen LogP contribution >= 0.6 is 11.3 Å². The molecule has 24 heavy (non-hydrogen) atoms. The summed E-state index contributed by atoms with van der Waals surface area (Å²) >= 11 is 1.71. The molecule has 0 aliphatic rings. The van der Waals surface area contributed by atoms with E-state index in [9.17, 15) is 0 Å². The highest BCUT2D eigenvalue weighted by atomic mass is 32.1. The normalized spacial score (nSPS) is 11.1. The van der Waals surface area contributed by atoms with Crippen LogP contribution in [0.25, 0.3) is 10.7 Å². The summed E-state index contributed by atoms with van der Waals surface area (Å²) in [6, 6.07) is 16.5. The van der Waals surface area contributed by atoms with Gasteiger partial charge < -0.3 is 5.73 Å². The molecule has 5 heteroatoms. The number of benzene rings is 1. The van der Waals surface area contributed by atoms with Gasteiger partial charge in [0.05, 0.1) is 5.69 Å². The van der Waals surface area contributed by atoms with Gasteiger partial charge in [-0.25, -0.2) is 4.98 Å². The number of nitrogens with two attached hydrogens (primary N) is 1. The zero-order valence-electron chi connectivity index (χ0n) is 13.6. The first-order valence-corrected chi connectivity index (χ1v) is 8.99. The van der Waals surface area contributed by atoms with Crippen molar-refractivity contribution in [1.29, 1.82) is 0 Å². The van der Waals surface area contributed by atoms with Crippen LogP contribution in [0.2, 0.25) is 0 Å². The molecule has 2 aromatic heterocycles. The first-order chi connectivity index (χ1) is 11.8. The molecule has 1 aromatic carbocycles. The van der Waals surface area contributed by atoms with Crippen LogP contribution in [0.1, 0.15) is 10.4 Å². The topological polar surface area (TPSA) is 55.0 Å². The molecule has 3 aromatic rings. The largest absolute Gasteiger partial charge is 0.329 e. The number of pyridine rings is 1. The highest BCUT2D eigenvalue weighted by molar-refractivity contribution is 7.14. The van der Waals surface area contributed by atoms with Gasteiger partial charge in [0.1, 0.15) is 5.01 Å². The Morgan fingerprint density at radius 1 is 0.958 bits per heavy atom. The van der Waals surface area contributed by atoms with Crippen LogP contribution in [0.3, 0.4) is 0 Å². The fourth-order valence-electron chi connectivity index (χ4n) is 2.59. The molecule has 3 rings (SSSR count). The lowest BCUT2D eigenvalue weighted by molar-refractivity contribution is 0.278. The Morgan fingerprint density at radius 3 is 2.54 bits per heavy atom. The van der Waals surface area contributed by atoms with Crippen LogP contribution < -0.4 is 5.73 Å². The Balaban J connectivity index is 1.62. The molecular formula is C19H22N4S. The Hall–Kier alpha value is -2.08. The van der Waals surface area contributed by atoms with Crippen molar-refractivity contribution in [2.75, 3.05) is 19.6 Å². The van der Waals surface area contributed by atoms with Crippen molar-refractivity contribution in [3.8, 4) is 10.7 Å². The summed E-state index contributed by atoms with van der Waals surface area (Å²) in [6.45, 7) is 3.44. The number of hydrogen-bond donors (Lipinski definition) is 1. The number of hydrogen-bond acceptors (Lipinski definition) is 5. The van der Waals surface area contributed by atoms with Crippen molar-refractivity contribution in [2.24, 2.45) is 5.73 Å². The third-order valence-corrected chi connectivity index (χ3v) is 4.83. The molecule has 0 atom stereocenters. The van der Waals surface area contributed by atoms with E-state index in [4.69, 9.17) is 5.73 Å². The van der Waals surface area contributed by atoms with Crippen molar-refractivity contribution in [3.05, 3.63) is 71.4 Å². The van der Waals surface area contributed by atoms with Gasteiger partial charge in [0.2, 0.25) is 0 Å². The maximum absolute atomic E-state index is 5.78. The van der Waals surface area contributed by atoms with Gasteiger partial charge in [0.15, 0.2) is 0 Å². The molecule has 0 saturated carbocycles. The zero-order valence-corrected chi connectivity index (χ0v) is 14.5. The molecule has 0 aliphatic heterocycles.